The molecule has 30 heavy (non-hydrogen) atoms. The zero-order valence-electron chi connectivity index (χ0n) is 16.5. The van der Waals surface area contributed by atoms with E-state index in [0.29, 0.717) is 34.1 Å². The number of nitrogens with zero attached hydrogens (tertiary/aromatic N) is 4. The second kappa shape index (κ2) is 6.69. The van der Waals surface area contributed by atoms with Crippen LogP contribution in [0.25, 0.3) is 38.9 Å². The molecule has 0 spiro atoms. The predicted molar refractivity (Wildman–Crippen MR) is 112 cm³/mol. The van der Waals surface area contributed by atoms with Crippen LogP contribution in [0.4, 0.5) is 8.78 Å². The van der Waals surface area contributed by atoms with Gasteiger partial charge in [0.2, 0.25) is 0 Å². The van der Waals surface area contributed by atoms with Crippen molar-refractivity contribution in [3.8, 4) is 17.1 Å². The van der Waals surface area contributed by atoms with E-state index in [-0.39, 0.29) is 5.82 Å². The molecule has 6 nitrogen and oxygen atoms in total. The van der Waals surface area contributed by atoms with Gasteiger partial charge in [0, 0.05) is 42.3 Å². The van der Waals surface area contributed by atoms with Gasteiger partial charge in [0.15, 0.2) is 5.82 Å². The molecule has 0 aliphatic heterocycles. The predicted octanol–water partition coefficient (Wildman–Crippen LogP) is 4.36. The van der Waals surface area contributed by atoms with Crippen molar-refractivity contribution >= 4 is 21.8 Å². The molecule has 0 saturated carbocycles. The van der Waals surface area contributed by atoms with Crippen molar-refractivity contribution in [2.45, 2.75) is 19.9 Å². The van der Waals surface area contributed by atoms with Gasteiger partial charge in [-0.1, -0.05) is 13.0 Å². The van der Waals surface area contributed by atoms with Crippen LogP contribution in [0.15, 0.2) is 53.6 Å². The lowest BCUT2D eigenvalue weighted by molar-refractivity contribution is 0.629. The summed E-state index contributed by atoms with van der Waals surface area (Å²) in [5.41, 5.74) is 2.01. The van der Waals surface area contributed by atoms with Gasteiger partial charge in [0.05, 0.1) is 16.7 Å². The second-order valence-corrected chi connectivity index (χ2v) is 7.34. The monoisotopic (exact) mass is 407 g/mol. The van der Waals surface area contributed by atoms with E-state index < -0.39 is 17.3 Å². The van der Waals surface area contributed by atoms with Crippen molar-refractivity contribution in [2.24, 2.45) is 7.05 Å². The molecule has 0 aliphatic carbocycles. The first kappa shape index (κ1) is 18.4. The summed E-state index contributed by atoms with van der Waals surface area (Å²) in [7, 11) is 1.81. The third-order valence-corrected chi connectivity index (χ3v) is 5.40. The summed E-state index contributed by atoms with van der Waals surface area (Å²) in [4.78, 5) is 12.8. The van der Waals surface area contributed by atoms with Crippen molar-refractivity contribution in [1.82, 2.24) is 23.9 Å². The Labute approximate surface area is 170 Å². The van der Waals surface area contributed by atoms with Gasteiger partial charge in [-0.3, -0.25) is 0 Å². The minimum absolute atomic E-state index is 0.274. The molecule has 2 aromatic carbocycles. The first-order chi connectivity index (χ1) is 14.5. The fourth-order valence-electron chi connectivity index (χ4n) is 4.13. The topological polar surface area (TPSA) is 60.5 Å². The average molecular weight is 407 g/mol. The minimum Gasteiger partial charge on any atom is -0.350 e. The lowest BCUT2D eigenvalue weighted by Crippen LogP contribution is -2.15. The Morgan fingerprint density at radius 3 is 2.73 bits per heavy atom. The van der Waals surface area contributed by atoms with Crippen molar-refractivity contribution in [1.29, 1.82) is 0 Å². The molecule has 0 radical (unpaired) electrons. The van der Waals surface area contributed by atoms with Gasteiger partial charge >= 0.3 is 5.69 Å². The van der Waals surface area contributed by atoms with E-state index in [1.165, 1.54) is 22.8 Å². The summed E-state index contributed by atoms with van der Waals surface area (Å²) in [6.07, 6.45) is 4.43. The molecule has 0 amide bonds. The Kier molecular flexibility index (Phi) is 4.09. The quantitative estimate of drug-likeness (QED) is 0.481. The van der Waals surface area contributed by atoms with Gasteiger partial charge in [0.1, 0.15) is 11.6 Å². The average Bonchev–Trinajstić information content (AvgIpc) is 3.36. The molecule has 152 valence electrons. The van der Waals surface area contributed by atoms with E-state index in [1.807, 2.05) is 24.7 Å². The molecule has 5 rings (SSSR count). The Bertz CT molecular complexity index is 1470. The summed E-state index contributed by atoms with van der Waals surface area (Å²) in [5, 5.41) is 7.63. The first-order valence-corrected chi connectivity index (χ1v) is 9.69. The summed E-state index contributed by atoms with van der Waals surface area (Å²) < 4.78 is 33.9. The zero-order valence-corrected chi connectivity index (χ0v) is 16.5. The highest BCUT2D eigenvalue weighted by Gasteiger charge is 2.22. The highest BCUT2D eigenvalue weighted by Crippen LogP contribution is 2.33. The zero-order chi connectivity index (χ0) is 21.0. The van der Waals surface area contributed by atoms with Crippen LogP contribution in [-0.4, -0.2) is 23.9 Å². The van der Waals surface area contributed by atoms with Crippen molar-refractivity contribution in [2.75, 3.05) is 0 Å². The number of halogens is 2. The Balaban J connectivity index is 1.84. The number of H-pyrrole nitrogens is 1. The molecule has 0 atom stereocenters. The highest BCUT2D eigenvalue weighted by molar-refractivity contribution is 5.96. The molecular weight excluding hydrogens is 388 g/mol. The Morgan fingerprint density at radius 1 is 1.10 bits per heavy atom. The number of rotatable bonds is 4. The summed E-state index contributed by atoms with van der Waals surface area (Å²) in [6, 6.07) is 9.33. The SMILES string of the molecule is CCCn1cc(-n2c(-c3cn(C)c4cccc(F)c34)n[nH]c2=O)c2cc(F)ccc21. The van der Waals surface area contributed by atoms with Gasteiger partial charge < -0.3 is 9.13 Å². The van der Waals surface area contributed by atoms with Crippen LogP contribution in [-0.2, 0) is 13.6 Å². The number of aromatic nitrogens is 5. The molecule has 0 aliphatic rings. The number of nitrogens with one attached hydrogen (secondary N) is 1. The molecule has 3 aromatic heterocycles. The van der Waals surface area contributed by atoms with Gasteiger partial charge in [-0.05, 0) is 36.8 Å². The fourth-order valence-corrected chi connectivity index (χ4v) is 4.13. The third kappa shape index (κ3) is 2.60. The number of benzene rings is 2. The minimum atomic E-state index is -0.474. The highest BCUT2D eigenvalue weighted by atomic mass is 19.1. The van der Waals surface area contributed by atoms with Crippen LogP contribution in [0.5, 0.6) is 0 Å². The standard InChI is InChI=1S/C22H19F2N5O/c1-3-9-28-12-19(14-10-13(23)7-8-17(14)28)29-21(25-26-22(29)30)15-11-27(2)18-6-4-5-16(24)20(15)18/h4-8,10-12H,3,9H2,1-2H3,(H,26,30). The van der Waals surface area contributed by atoms with E-state index in [1.54, 1.807) is 29.0 Å². The lowest BCUT2D eigenvalue weighted by Gasteiger charge is -2.04. The second-order valence-electron chi connectivity index (χ2n) is 7.34. The maximum absolute atomic E-state index is 14.7. The van der Waals surface area contributed by atoms with E-state index in [0.717, 1.165) is 11.9 Å². The van der Waals surface area contributed by atoms with Crippen LogP contribution in [0, 0.1) is 11.6 Å². The molecule has 8 heteroatoms. The largest absolute Gasteiger partial charge is 0.350 e. The lowest BCUT2D eigenvalue weighted by atomic mass is 10.1. The van der Waals surface area contributed by atoms with E-state index in [9.17, 15) is 13.6 Å². The van der Waals surface area contributed by atoms with Crippen LogP contribution < -0.4 is 5.69 Å². The van der Waals surface area contributed by atoms with Crippen LogP contribution in [0.1, 0.15) is 13.3 Å². The molecule has 0 unspecified atom stereocenters. The maximum Gasteiger partial charge on any atom is 0.348 e. The summed E-state index contributed by atoms with van der Waals surface area (Å²) >= 11 is 0. The molecule has 0 fully saturated rings. The number of hydrogen-bond donors (Lipinski definition) is 1. The molecule has 0 bridgehead atoms. The summed E-state index contributed by atoms with van der Waals surface area (Å²) in [5.74, 6) is -0.521. The normalized spacial score (nSPS) is 11.7. The van der Waals surface area contributed by atoms with E-state index >= 15 is 0 Å². The maximum atomic E-state index is 14.7. The van der Waals surface area contributed by atoms with Crippen molar-refractivity contribution in [3.63, 3.8) is 0 Å². The van der Waals surface area contributed by atoms with Crippen molar-refractivity contribution in [3.05, 3.63) is 70.9 Å². The number of fused-ring (bicyclic) bond motifs is 2. The molecular formula is C22H19F2N5O. The van der Waals surface area contributed by atoms with Gasteiger partial charge in [-0.2, -0.15) is 5.10 Å². The van der Waals surface area contributed by atoms with Gasteiger partial charge in [0.25, 0.3) is 0 Å². The molecule has 1 N–H and O–H groups in total. The summed E-state index contributed by atoms with van der Waals surface area (Å²) in [6.45, 7) is 2.76. The van der Waals surface area contributed by atoms with E-state index in [2.05, 4.69) is 10.2 Å². The molecule has 5 aromatic rings. The number of hydrogen-bond acceptors (Lipinski definition) is 2. The third-order valence-electron chi connectivity index (χ3n) is 5.40. The first-order valence-electron chi connectivity index (χ1n) is 9.69. The van der Waals surface area contributed by atoms with Crippen LogP contribution in [0.2, 0.25) is 0 Å². The smallest absolute Gasteiger partial charge is 0.348 e. The van der Waals surface area contributed by atoms with E-state index in [4.69, 9.17) is 0 Å². The molecule has 3 heterocycles. The fraction of sp³-hybridized carbons (Fsp3) is 0.182. The van der Waals surface area contributed by atoms with Gasteiger partial charge in [-0.25, -0.2) is 23.2 Å². The number of aryl methyl sites for hydroxylation is 2. The molecule has 0 saturated heterocycles. The number of aromatic amines is 1. The van der Waals surface area contributed by atoms with Gasteiger partial charge in [-0.15, -0.1) is 0 Å². The Morgan fingerprint density at radius 2 is 1.93 bits per heavy atom. The van der Waals surface area contributed by atoms with Crippen LogP contribution in [0.3, 0.4) is 0 Å². The Hall–Kier alpha value is -3.68. The van der Waals surface area contributed by atoms with Crippen molar-refractivity contribution < 1.29 is 8.78 Å². The van der Waals surface area contributed by atoms with Crippen LogP contribution >= 0.6 is 0 Å².